The maximum absolute atomic E-state index is 10.5. The van der Waals surface area contributed by atoms with Gasteiger partial charge in [-0.1, -0.05) is 6.42 Å². The highest BCUT2D eigenvalue weighted by Crippen LogP contribution is 2.25. The van der Waals surface area contributed by atoms with Gasteiger partial charge in [0, 0.05) is 6.54 Å². The number of aliphatic hydroxyl groups excluding tert-OH is 1. The third-order valence-electron chi connectivity index (χ3n) is 3.27. The molecule has 1 unspecified atom stereocenters. The van der Waals surface area contributed by atoms with E-state index in [0.29, 0.717) is 6.54 Å². The molecule has 1 saturated carbocycles. The summed E-state index contributed by atoms with van der Waals surface area (Å²) in [4.78, 5) is 9.97. The monoisotopic (exact) mass is 254 g/mol. The molecule has 1 heterocycles. The Morgan fingerprint density at radius 2 is 2.44 bits per heavy atom. The predicted molar refractivity (Wildman–Crippen MR) is 65.1 cm³/mol. The van der Waals surface area contributed by atoms with Gasteiger partial charge in [-0.05, 0) is 25.3 Å². The Kier molecular flexibility index (Phi) is 4.27. The lowest BCUT2D eigenvalue weighted by molar-refractivity contribution is -0.385. The van der Waals surface area contributed by atoms with Crippen molar-refractivity contribution in [2.24, 2.45) is 5.92 Å². The van der Waals surface area contributed by atoms with Gasteiger partial charge in [-0.15, -0.1) is 0 Å². The van der Waals surface area contributed by atoms with E-state index < -0.39 is 11.0 Å². The summed E-state index contributed by atoms with van der Waals surface area (Å²) in [5.74, 6) is 0.753. The van der Waals surface area contributed by atoms with Crippen LogP contribution in [0, 0.1) is 16.0 Å². The molecule has 1 aliphatic carbocycles. The van der Waals surface area contributed by atoms with Crippen molar-refractivity contribution in [3.63, 3.8) is 0 Å². The maximum atomic E-state index is 10.5. The number of nitrogens with one attached hydrogen (secondary N) is 1. The van der Waals surface area contributed by atoms with Gasteiger partial charge in [-0.3, -0.25) is 14.8 Å². The Morgan fingerprint density at radius 3 is 3.00 bits per heavy atom. The lowest BCUT2D eigenvalue weighted by atomic mass is 9.85. The van der Waals surface area contributed by atoms with Gasteiger partial charge in [0.15, 0.2) is 0 Å². The molecule has 18 heavy (non-hydrogen) atoms. The number of aliphatic hydroxyl groups is 1. The first-order valence-electron chi connectivity index (χ1n) is 6.21. The Morgan fingerprint density at radius 1 is 1.67 bits per heavy atom. The number of nitrogens with zero attached hydrogens (tertiary/aromatic N) is 3. The standard InChI is InChI=1S/C11H18N4O3/c16-11(6-12-4-9-2-1-3-9)8-14-7-10(5-13-14)15(17)18/h5,7,9,11-12,16H,1-4,6,8H2. The average Bonchev–Trinajstić information content (AvgIpc) is 2.70. The van der Waals surface area contributed by atoms with Crippen molar-refractivity contribution in [3.8, 4) is 0 Å². The minimum Gasteiger partial charge on any atom is -0.390 e. The molecule has 0 aromatic carbocycles. The van der Waals surface area contributed by atoms with Crippen LogP contribution in [0.25, 0.3) is 0 Å². The molecule has 1 aromatic rings. The molecule has 1 aliphatic rings. The summed E-state index contributed by atoms with van der Waals surface area (Å²) in [7, 11) is 0. The number of hydrogen-bond donors (Lipinski definition) is 2. The van der Waals surface area contributed by atoms with E-state index in [9.17, 15) is 15.2 Å². The number of aromatic nitrogens is 2. The summed E-state index contributed by atoms with van der Waals surface area (Å²) >= 11 is 0. The quantitative estimate of drug-likeness (QED) is 0.547. The van der Waals surface area contributed by atoms with E-state index in [-0.39, 0.29) is 12.2 Å². The smallest absolute Gasteiger partial charge is 0.306 e. The van der Waals surface area contributed by atoms with Gasteiger partial charge in [0.05, 0.1) is 17.6 Å². The zero-order chi connectivity index (χ0) is 13.0. The Balaban J connectivity index is 1.68. The molecule has 0 bridgehead atoms. The number of hydrogen-bond acceptors (Lipinski definition) is 5. The molecule has 2 N–H and O–H groups in total. The van der Waals surface area contributed by atoms with Crippen molar-refractivity contribution in [1.29, 1.82) is 0 Å². The molecule has 0 radical (unpaired) electrons. The minimum absolute atomic E-state index is 0.0513. The molecular weight excluding hydrogens is 236 g/mol. The van der Waals surface area contributed by atoms with Crippen LogP contribution in [-0.2, 0) is 6.54 Å². The van der Waals surface area contributed by atoms with Crippen LogP contribution in [0.4, 0.5) is 5.69 Å². The molecule has 100 valence electrons. The van der Waals surface area contributed by atoms with Gasteiger partial charge in [0.25, 0.3) is 0 Å². The highest BCUT2D eigenvalue weighted by molar-refractivity contribution is 5.20. The van der Waals surface area contributed by atoms with Crippen LogP contribution >= 0.6 is 0 Å². The summed E-state index contributed by atoms with van der Waals surface area (Å²) in [5.41, 5.74) is -0.0513. The fourth-order valence-corrected chi connectivity index (χ4v) is 1.98. The first-order chi connectivity index (χ1) is 8.65. The van der Waals surface area contributed by atoms with Crippen LogP contribution in [0.5, 0.6) is 0 Å². The highest BCUT2D eigenvalue weighted by atomic mass is 16.6. The van der Waals surface area contributed by atoms with E-state index >= 15 is 0 Å². The van der Waals surface area contributed by atoms with Crippen molar-refractivity contribution in [1.82, 2.24) is 15.1 Å². The largest absolute Gasteiger partial charge is 0.390 e. The van der Waals surface area contributed by atoms with Gasteiger partial charge in [-0.2, -0.15) is 5.10 Å². The normalized spacial score (nSPS) is 17.4. The zero-order valence-corrected chi connectivity index (χ0v) is 10.2. The lowest BCUT2D eigenvalue weighted by Crippen LogP contribution is -2.35. The van der Waals surface area contributed by atoms with Crippen molar-refractivity contribution < 1.29 is 10.0 Å². The van der Waals surface area contributed by atoms with E-state index in [2.05, 4.69) is 10.4 Å². The van der Waals surface area contributed by atoms with E-state index in [1.165, 1.54) is 36.3 Å². The fraction of sp³-hybridized carbons (Fsp3) is 0.727. The van der Waals surface area contributed by atoms with Crippen LogP contribution in [0.15, 0.2) is 12.4 Å². The SMILES string of the molecule is O=[N+]([O-])c1cnn(CC(O)CNCC2CCC2)c1. The first kappa shape index (κ1) is 13.0. The van der Waals surface area contributed by atoms with Crippen LogP contribution in [-0.4, -0.2) is 39.0 Å². The Labute approximate surface area is 105 Å². The topological polar surface area (TPSA) is 93.2 Å². The second-order valence-electron chi connectivity index (χ2n) is 4.79. The van der Waals surface area contributed by atoms with Crippen molar-refractivity contribution in [2.75, 3.05) is 13.1 Å². The molecule has 0 amide bonds. The highest BCUT2D eigenvalue weighted by Gasteiger charge is 2.17. The molecule has 0 spiro atoms. The van der Waals surface area contributed by atoms with Gasteiger partial charge in [0.1, 0.15) is 12.4 Å². The van der Waals surface area contributed by atoms with Crippen LogP contribution in [0.3, 0.4) is 0 Å². The van der Waals surface area contributed by atoms with E-state index in [4.69, 9.17) is 0 Å². The van der Waals surface area contributed by atoms with E-state index in [0.717, 1.165) is 12.5 Å². The van der Waals surface area contributed by atoms with Gasteiger partial charge in [0.2, 0.25) is 0 Å². The molecular formula is C11H18N4O3. The summed E-state index contributed by atoms with van der Waals surface area (Å²) in [5, 5.41) is 27.3. The van der Waals surface area contributed by atoms with Crippen LogP contribution < -0.4 is 5.32 Å². The molecule has 0 saturated heterocycles. The molecule has 0 aliphatic heterocycles. The third kappa shape index (κ3) is 3.51. The molecule has 2 rings (SSSR count). The first-order valence-corrected chi connectivity index (χ1v) is 6.21. The molecule has 1 fully saturated rings. The fourth-order valence-electron chi connectivity index (χ4n) is 1.98. The van der Waals surface area contributed by atoms with Crippen LogP contribution in [0.2, 0.25) is 0 Å². The zero-order valence-electron chi connectivity index (χ0n) is 10.2. The van der Waals surface area contributed by atoms with Gasteiger partial charge in [-0.25, -0.2) is 0 Å². The van der Waals surface area contributed by atoms with Gasteiger partial charge < -0.3 is 10.4 Å². The van der Waals surface area contributed by atoms with Crippen molar-refractivity contribution in [3.05, 3.63) is 22.5 Å². The van der Waals surface area contributed by atoms with E-state index in [1.807, 2.05) is 0 Å². The van der Waals surface area contributed by atoms with Crippen LogP contribution in [0.1, 0.15) is 19.3 Å². The number of rotatable bonds is 7. The second kappa shape index (κ2) is 5.92. The van der Waals surface area contributed by atoms with E-state index in [1.54, 1.807) is 0 Å². The Hall–Kier alpha value is -1.47. The third-order valence-corrected chi connectivity index (χ3v) is 3.27. The Bertz CT molecular complexity index is 403. The summed E-state index contributed by atoms with van der Waals surface area (Å²) in [6, 6.07) is 0. The maximum Gasteiger partial charge on any atom is 0.306 e. The molecule has 7 heteroatoms. The second-order valence-corrected chi connectivity index (χ2v) is 4.79. The summed E-state index contributed by atoms with van der Waals surface area (Å²) in [6.07, 6.45) is 5.79. The molecule has 1 aromatic heterocycles. The minimum atomic E-state index is -0.579. The van der Waals surface area contributed by atoms with Crippen molar-refractivity contribution >= 4 is 5.69 Å². The lowest BCUT2D eigenvalue weighted by Gasteiger charge is -2.26. The van der Waals surface area contributed by atoms with Crippen molar-refractivity contribution in [2.45, 2.75) is 31.9 Å². The predicted octanol–water partition coefficient (Wildman–Crippen LogP) is 0.542. The summed E-state index contributed by atoms with van der Waals surface area (Å²) in [6.45, 7) is 1.70. The average molecular weight is 254 g/mol. The summed E-state index contributed by atoms with van der Waals surface area (Å²) < 4.78 is 1.40. The van der Waals surface area contributed by atoms with Gasteiger partial charge >= 0.3 is 5.69 Å². The number of nitro groups is 1. The molecule has 7 nitrogen and oxygen atoms in total. The molecule has 1 atom stereocenters.